The van der Waals surface area contributed by atoms with Gasteiger partial charge in [-0.15, -0.1) is 0 Å². The molecule has 2 rings (SSSR count). The molecule has 3 N–H and O–H groups in total. The highest BCUT2D eigenvalue weighted by Crippen LogP contribution is 2.20. The largest absolute Gasteiger partial charge is 0.481 e. The van der Waals surface area contributed by atoms with Crippen LogP contribution in [0.2, 0.25) is 0 Å². The van der Waals surface area contributed by atoms with Gasteiger partial charge in [0, 0.05) is 38.5 Å². The lowest BCUT2D eigenvalue weighted by Crippen LogP contribution is -2.53. The second-order valence-electron chi connectivity index (χ2n) is 5.52. The summed E-state index contributed by atoms with van der Waals surface area (Å²) in [6, 6.07) is -0.114. The monoisotopic (exact) mass is 283 g/mol. The normalized spacial score (nSPS) is 24.1. The van der Waals surface area contributed by atoms with E-state index in [9.17, 15) is 14.4 Å². The molecule has 0 saturated carbocycles. The lowest BCUT2D eigenvalue weighted by Gasteiger charge is -2.33. The van der Waals surface area contributed by atoms with Gasteiger partial charge in [-0.1, -0.05) is 0 Å². The molecule has 0 spiro atoms. The van der Waals surface area contributed by atoms with Gasteiger partial charge in [0.2, 0.25) is 5.91 Å². The minimum atomic E-state index is -0.772. The number of nitrogens with zero attached hydrogens (tertiary/aromatic N) is 1. The highest BCUT2D eigenvalue weighted by atomic mass is 16.4. The molecular weight excluding hydrogens is 262 g/mol. The van der Waals surface area contributed by atoms with E-state index in [-0.39, 0.29) is 30.3 Å². The molecule has 0 aliphatic carbocycles. The number of carboxylic acid groups (broad SMARTS) is 1. The second kappa shape index (κ2) is 6.58. The summed E-state index contributed by atoms with van der Waals surface area (Å²) in [5.74, 6) is -0.568. The molecule has 0 bridgehead atoms. The number of carbonyl (C=O) groups excluding carboxylic acids is 2. The van der Waals surface area contributed by atoms with E-state index in [0.717, 1.165) is 12.8 Å². The summed E-state index contributed by atoms with van der Waals surface area (Å²) in [4.78, 5) is 35.5. The van der Waals surface area contributed by atoms with E-state index in [0.29, 0.717) is 32.5 Å². The molecule has 7 heteroatoms. The average molecular weight is 283 g/mol. The maximum Gasteiger partial charge on any atom is 0.317 e. The van der Waals surface area contributed by atoms with Crippen molar-refractivity contribution in [2.75, 3.05) is 19.6 Å². The molecule has 2 saturated heterocycles. The molecule has 0 radical (unpaired) electrons. The zero-order chi connectivity index (χ0) is 14.5. The Balaban J connectivity index is 1.71. The molecular formula is C13H21N3O4. The van der Waals surface area contributed by atoms with Crippen molar-refractivity contribution in [3.63, 3.8) is 0 Å². The number of aliphatic carboxylic acids is 1. The first-order chi connectivity index (χ1) is 9.54. The van der Waals surface area contributed by atoms with Crippen molar-refractivity contribution in [3.05, 3.63) is 0 Å². The molecule has 20 heavy (non-hydrogen) atoms. The summed E-state index contributed by atoms with van der Waals surface area (Å²) in [5, 5.41) is 14.4. The lowest BCUT2D eigenvalue weighted by molar-refractivity contribution is -0.138. The second-order valence-corrected chi connectivity index (χ2v) is 5.52. The summed E-state index contributed by atoms with van der Waals surface area (Å²) in [6.45, 7) is 1.69. The van der Waals surface area contributed by atoms with Crippen LogP contribution in [0.1, 0.15) is 32.1 Å². The predicted molar refractivity (Wildman–Crippen MR) is 71.1 cm³/mol. The van der Waals surface area contributed by atoms with Crippen LogP contribution in [0.15, 0.2) is 0 Å². The molecule has 112 valence electrons. The Hall–Kier alpha value is -1.79. The molecule has 2 heterocycles. The fourth-order valence-electron chi connectivity index (χ4n) is 2.71. The minimum absolute atomic E-state index is 0.00283. The summed E-state index contributed by atoms with van der Waals surface area (Å²) in [5.41, 5.74) is 0. The topological polar surface area (TPSA) is 98.7 Å². The van der Waals surface area contributed by atoms with Crippen LogP contribution in [0.3, 0.4) is 0 Å². The van der Waals surface area contributed by atoms with Crippen molar-refractivity contribution in [2.24, 2.45) is 5.92 Å². The van der Waals surface area contributed by atoms with Crippen molar-refractivity contribution in [1.29, 1.82) is 0 Å². The smallest absolute Gasteiger partial charge is 0.317 e. The number of hydrogen-bond donors (Lipinski definition) is 3. The first-order valence-electron chi connectivity index (χ1n) is 7.08. The quantitative estimate of drug-likeness (QED) is 0.687. The fourth-order valence-corrected chi connectivity index (χ4v) is 2.71. The molecule has 1 unspecified atom stereocenters. The van der Waals surface area contributed by atoms with E-state index in [1.807, 2.05) is 0 Å². The Labute approximate surface area is 117 Å². The van der Waals surface area contributed by atoms with Gasteiger partial charge in [0.05, 0.1) is 0 Å². The number of carboxylic acids is 1. The molecule has 3 amide bonds. The molecule has 7 nitrogen and oxygen atoms in total. The third kappa shape index (κ3) is 4.11. The van der Waals surface area contributed by atoms with Crippen molar-refractivity contribution in [2.45, 2.75) is 38.1 Å². The maximum atomic E-state index is 12.1. The number of hydrogen-bond acceptors (Lipinski definition) is 3. The zero-order valence-electron chi connectivity index (χ0n) is 11.4. The number of nitrogens with one attached hydrogen (secondary N) is 2. The SMILES string of the molecule is O=C(O)CC1CCN(C(=O)NC2CCC(=O)NC2)CC1. The molecule has 1 atom stereocenters. The number of likely N-dealkylation sites (tertiary alicyclic amines) is 1. The third-order valence-electron chi connectivity index (χ3n) is 3.96. The Kier molecular flexibility index (Phi) is 4.81. The standard InChI is InChI=1S/C13H21N3O4/c17-11-2-1-10(8-14-11)15-13(20)16-5-3-9(4-6-16)7-12(18)19/h9-10H,1-8H2,(H,14,17)(H,15,20)(H,18,19). The Morgan fingerprint density at radius 2 is 2.00 bits per heavy atom. The summed E-state index contributed by atoms with van der Waals surface area (Å²) in [6.07, 6.45) is 2.78. The Morgan fingerprint density at radius 3 is 2.55 bits per heavy atom. The summed E-state index contributed by atoms with van der Waals surface area (Å²) < 4.78 is 0. The third-order valence-corrected chi connectivity index (χ3v) is 3.96. The van der Waals surface area contributed by atoms with Gasteiger partial charge in [-0.2, -0.15) is 0 Å². The highest BCUT2D eigenvalue weighted by molar-refractivity contribution is 5.78. The van der Waals surface area contributed by atoms with Crippen LogP contribution in [0.4, 0.5) is 4.79 Å². The number of amides is 3. The van der Waals surface area contributed by atoms with Gasteiger partial charge >= 0.3 is 12.0 Å². The van der Waals surface area contributed by atoms with E-state index in [2.05, 4.69) is 10.6 Å². The van der Waals surface area contributed by atoms with Crippen LogP contribution in [0.25, 0.3) is 0 Å². The van der Waals surface area contributed by atoms with Crippen LogP contribution in [-0.4, -0.2) is 53.6 Å². The van der Waals surface area contributed by atoms with Gasteiger partial charge in [0.15, 0.2) is 0 Å². The molecule has 0 aromatic rings. The molecule has 0 aromatic carbocycles. The van der Waals surface area contributed by atoms with E-state index in [4.69, 9.17) is 5.11 Å². The molecule has 2 aliphatic rings. The average Bonchev–Trinajstić information content (AvgIpc) is 2.41. The van der Waals surface area contributed by atoms with Gasteiger partial charge in [-0.25, -0.2) is 4.79 Å². The maximum absolute atomic E-state index is 12.1. The van der Waals surface area contributed by atoms with E-state index in [1.54, 1.807) is 4.90 Å². The number of piperidine rings is 2. The van der Waals surface area contributed by atoms with Crippen molar-refractivity contribution >= 4 is 17.9 Å². The zero-order valence-corrected chi connectivity index (χ0v) is 11.4. The lowest BCUT2D eigenvalue weighted by atomic mass is 9.94. The highest BCUT2D eigenvalue weighted by Gasteiger charge is 2.26. The van der Waals surface area contributed by atoms with Crippen molar-refractivity contribution in [3.8, 4) is 0 Å². The van der Waals surface area contributed by atoms with Gasteiger partial charge in [0.25, 0.3) is 0 Å². The van der Waals surface area contributed by atoms with Gasteiger partial charge in [-0.05, 0) is 25.2 Å². The first-order valence-corrected chi connectivity index (χ1v) is 7.08. The van der Waals surface area contributed by atoms with Gasteiger partial charge < -0.3 is 20.6 Å². The number of rotatable bonds is 3. The molecule has 0 aromatic heterocycles. The Bertz CT molecular complexity index is 381. The van der Waals surface area contributed by atoms with Crippen LogP contribution in [0, 0.1) is 5.92 Å². The van der Waals surface area contributed by atoms with Crippen LogP contribution in [-0.2, 0) is 9.59 Å². The predicted octanol–water partition coefficient (Wildman–Crippen LogP) is 0.161. The minimum Gasteiger partial charge on any atom is -0.481 e. The van der Waals surface area contributed by atoms with Crippen molar-refractivity contribution < 1.29 is 19.5 Å². The van der Waals surface area contributed by atoms with Crippen LogP contribution < -0.4 is 10.6 Å². The summed E-state index contributed by atoms with van der Waals surface area (Å²) >= 11 is 0. The van der Waals surface area contributed by atoms with Crippen LogP contribution in [0.5, 0.6) is 0 Å². The molecule has 2 aliphatic heterocycles. The van der Waals surface area contributed by atoms with E-state index >= 15 is 0 Å². The van der Waals surface area contributed by atoms with Crippen LogP contribution >= 0.6 is 0 Å². The Morgan fingerprint density at radius 1 is 1.30 bits per heavy atom. The van der Waals surface area contributed by atoms with E-state index in [1.165, 1.54) is 0 Å². The van der Waals surface area contributed by atoms with Gasteiger partial charge in [0.1, 0.15) is 0 Å². The fraction of sp³-hybridized carbons (Fsp3) is 0.769. The van der Waals surface area contributed by atoms with Gasteiger partial charge in [-0.3, -0.25) is 9.59 Å². The van der Waals surface area contributed by atoms with Crippen molar-refractivity contribution in [1.82, 2.24) is 15.5 Å². The summed E-state index contributed by atoms with van der Waals surface area (Å²) in [7, 11) is 0. The number of urea groups is 1. The van der Waals surface area contributed by atoms with E-state index < -0.39 is 5.97 Å². The molecule has 2 fully saturated rings. The number of carbonyl (C=O) groups is 3. The first kappa shape index (κ1) is 14.6.